The van der Waals surface area contributed by atoms with Gasteiger partial charge >= 0.3 is 5.97 Å². The van der Waals surface area contributed by atoms with Gasteiger partial charge in [0.2, 0.25) is 0 Å². The van der Waals surface area contributed by atoms with Gasteiger partial charge in [-0.05, 0) is 13.8 Å². The number of nitrogens with zero attached hydrogens (tertiary/aromatic N) is 5. The molecule has 8 heteroatoms. The van der Waals surface area contributed by atoms with Crippen molar-refractivity contribution in [1.82, 2.24) is 24.5 Å². The summed E-state index contributed by atoms with van der Waals surface area (Å²) in [6, 6.07) is 0. The Morgan fingerprint density at radius 1 is 1.50 bits per heavy atom. The third-order valence-electron chi connectivity index (χ3n) is 2.32. The van der Waals surface area contributed by atoms with E-state index < -0.39 is 5.97 Å². The molecule has 0 aliphatic heterocycles. The van der Waals surface area contributed by atoms with Crippen LogP contribution in [0.3, 0.4) is 0 Å². The van der Waals surface area contributed by atoms with Gasteiger partial charge in [0.1, 0.15) is 5.82 Å². The van der Waals surface area contributed by atoms with E-state index in [0.29, 0.717) is 11.0 Å². The quantitative estimate of drug-likeness (QED) is 0.812. The van der Waals surface area contributed by atoms with Crippen LogP contribution in [0.5, 0.6) is 0 Å². The van der Waals surface area contributed by atoms with Gasteiger partial charge in [-0.2, -0.15) is 5.10 Å². The SMILES string of the molecule is CCn1cc(-n2c(C)nnc2SCC(=O)O)cn1. The minimum absolute atomic E-state index is 0.0416. The van der Waals surface area contributed by atoms with Crippen LogP contribution in [0.15, 0.2) is 17.6 Å². The molecule has 2 aromatic heterocycles. The van der Waals surface area contributed by atoms with Crippen molar-refractivity contribution in [3.05, 3.63) is 18.2 Å². The highest BCUT2D eigenvalue weighted by molar-refractivity contribution is 7.99. The van der Waals surface area contributed by atoms with E-state index in [4.69, 9.17) is 5.11 Å². The van der Waals surface area contributed by atoms with Crippen molar-refractivity contribution in [2.45, 2.75) is 25.5 Å². The lowest BCUT2D eigenvalue weighted by Crippen LogP contribution is -2.02. The Morgan fingerprint density at radius 2 is 2.28 bits per heavy atom. The van der Waals surface area contributed by atoms with E-state index in [9.17, 15) is 4.79 Å². The summed E-state index contributed by atoms with van der Waals surface area (Å²) in [4.78, 5) is 10.6. The van der Waals surface area contributed by atoms with Crippen LogP contribution >= 0.6 is 11.8 Å². The molecule has 0 saturated heterocycles. The van der Waals surface area contributed by atoms with Crippen LogP contribution in [0.4, 0.5) is 0 Å². The Bertz CT molecular complexity index is 562. The fourth-order valence-electron chi connectivity index (χ4n) is 1.50. The predicted octanol–water partition coefficient (Wildman–Crippen LogP) is 0.969. The first-order chi connectivity index (χ1) is 8.61. The molecule has 0 aliphatic carbocycles. The number of rotatable bonds is 5. The third-order valence-corrected chi connectivity index (χ3v) is 3.24. The van der Waals surface area contributed by atoms with E-state index in [1.165, 1.54) is 0 Å². The van der Waals surface area contributed by atoms with Gasteiger partial charge in [0.05, 0.1) is 17.6 Å². The standard InChI is InChI=1S/C10H13N5O2S/c1-3-14-5-8(4-11-14)15-7(2)12-13-10(15)18-6-9(16)17/h4-5H,3,6H2,1-2H3,(H,16,17). The Kier molecular flexibility index (Phi) is 3.66. The smallest absolute Gasteiger partial charge is 0.313 e. The highest BCUT2D eigenvalue weighted by atomic mass is 32.2. The van der Waals surface area contributed by atoms with Gasteiger partial charge in [0.25, 0.3) is 0 Å². The molecule has 96 valence electrons. The summed E-state index contributed by atoms with van der Waals surface area (Å²) in [6.45, 7) is 4.59. The van der Waals surface area contributed by atoms with Gasteiger partial charge in [-0.3, -0.25) is 14.0 Å². The van der Waals surface area contributed by atoms with Gasteiger partial charge in [-0.1, -0.05) is 11.8 Å². The van der Waals surface area contributed by atoms with Crippen LogP contribution in [0.2, 0.25) is 0 Å². The largest absolute Gasteiger partial charge is 0.481 e. The van der Waals surface area contributed by atoms with Gasteiger partial charge in [0, 0.05) is 12.7 Å². The zero-order valence-electron chi connectivity index (χ0n) is 10.1. The van der Waals surface area contributed by atoms with Gasteiger partial charge < -0.3 is 5.11 Å². The molecule has 1 N–H and O–H groups in total. The first kappa shape index (κ1) is 12.6. The molecule has 0 aromatic carbocycles. The molecule has 2 heterocycles. The molecule has 0 saturated carbocycles. The topological polar surface area (TPSA) is 85.8 Å². The molecular formula is C10H13N5O2S. The first-order valence-electron chi connectivity index (χ1n) is 5.41. The zero-order chi connectivity index (χ0) is 13.1. The van der Waals surface area contributed by atoms with E-state index in [1.807, 2.05) is 20.0 Å². The van der Waals surface area contributed by atoms with Crippen LogP contribution < -0.4 is 0 Å². The summed E-state index contributed by atoms with van der Waals surface area (Å²) in [5.41, 5.74) is 0.840. The summed E-state index contributed by atoms with van der Waals surface area (Å²) in [5, 5.41) is 21.4. The van der Waals surface area contributed by atoms with Crippen molar-refractivity contribution >= 4 is 17.7 Å². The molecule has 0 atom stereocenters. The maximum atomic E-state index is 10.6. The van der Waals surface area contributed by atoms with E-state index in [-0.39, 0.29) is 5.75 Å². The van der Waals surface area contributed by atoms with E-state index in [2.05, 4.69) is 15.3 Å². The van der Waals surface area contributed by atoms with Gasteiger partial charge in [0.15, 0.2) is 5.16 Å². The predicted molar refractivity (Wildman–Crippen MR) is 65.9 cm³/mol. The molecular weight excluding hydrogens is 254 g/mol. The second-order valence-electron chi connectivity index (χ2n) is 3.60. The highest BCUT2D eigenvalue weighted by Crippen LogP contribution is 2.21. The van der Waals surface area contributed by atoms with Crippen molar-refractivity contribution < 1.29 is 9.90 Å². The van der Waals surface area contributed by atoms with Crippen LogP contribution in [-0.2, 0) is 11.3 Å². The van der Waals surface area contributed by atoms with E-state index >= 15 is 0 Å². The van der Waals surface area contributed by atoms with Gasteiger partial charge in [-0.25, -0.2) is 0 Å². The Hall–Kier alpha value is -1.83. The molecule has 0 bridgehead atoms. The number of carboxylic acid groups (broad SMARTS) is 1. The molecule has 7 nitrogen and oxygen atoms in total. The van der Waals surface area contributed by atoms with E-state index in [0.717, 1.165) is 24.0 Å². The second kappa shape index (κ2) is 5.21. The Balaban J connectivity index is 2.31. The Morgan fingerprint density at radius 3 is 2.89 bits per heavy atom. The van der Waals surface area contributed by atoms with E-state index in [1.54, 1.807) is 15.4 Å². The van der Waals surface area contributed by atoms with Crippen molar-refractivity contribution in [3.8, 4) is 5.69 Å². The molecule has 0 spiro atoms. The molecule has 0 aliphatic rings. The summed E-state index contributed by atoms with van der Waals surface area (Å²) in [5.74, 6) is -0.213. The third kappa shape index (κ3) is 2.53. The average molecular weight is 267 g/mol. The molecule has 0 unspecified atom stereocenters. The van der Waals surface area contributed by atoms with Gasteiger partial charge in [-0.15, -0.1) is 10.2 Å². The maximum absolute atomic E-state index is 10.6. The van der Waals surface area contributed by atoms with Crippen LogP contribution in [0, 0.1) is 6.92 Å². The minimum atomic E-state index is -0.878. The van der Waals surface area contributed by atoms with Crippen molar-refractivity contribution in [2.75, 3.05) is 5.75 Å². The highest BCUT2D eigenvalue weighted by Gasteiger charge is 2.14. The molecule has 2 aromatic rings. The second-order valence-corrected chi connectivity index (χ2v) is 4.54. The lowest BCUT2D eigenvalue weighted by atomic mass is 10.5. The molecule has 0 fully saturated rings. The number of hydrogen-bond acceptors (Lipinski definition) is 5. The van der Waals surface area contributed by atoms with Crippen LogP contribution in [-0.4, -0.2) is 41.4 Å². The van der Waals surface area contributed by atoms with Crippen LogP contribution in [0.25, 0.3) is 5.69 Å². The number of hydrogen-bond donors (Lipinski definition) is 1. The average Bonchev–Trinajstić information content (AvgIpc) is 2.92. The summed E-state index contributed by atoms with van der Waals surface area (Å²) in [7, 11) is 0. The zero-order valence-corrected chi connectivity index (χ0v) is 10.9. The summed E-state index contributed by atoms with van der Waals surface area (Å²) >= 11 is 1.14. The van der Waals surface area contributed by atoms with Crippen LogP contribution in [0.1, 0.15) is 12.7 Å². The van der Waals surface area contributed by atoms with Crippen molar-refractivity contribution in [3.63, 3.8) is 0 Å². The fourth-order valence-corrected chi connectivity index (χ4v) is 2.22. The molecule has 18 heavy (non-hydrogen) atoms. The van der Waals surface area contributed by atoms with Crippen molar-refractivity contribution in [1.29, 1.82) is 0 Å². The fraction of sp³-hybridized carbons (Fsp3) is 0.400. The number of aryl methyl sites for hydroxylation is 2. The normalized spacial score (nSPS) is 10.8. The molecule has 0 amide bonds. The number of thioether (sulfide) groups is 1. The number of aliphatic carboxylic acids is 1. The molecule has 0 radical (unpaired) electrons. The summed E-state index contributed by atoms with van der Waals surface area (Å²) in [6.07, 6.45) is 3.59. The number of carboxylic acids is 1. The Labute approximate surface area is 108 Å². The monoisotopic (exact) mass is 267 g/mol. The summed E-state index contributed by atoms with van der Waals surface area (Å²) < 4.78 is 3.59. The number of aromatic nitrogens is 5. The lowest BCUT2D eigenvalue weighted by molar-refractivity contribution is -0.133. The maximum Gasteiger partial charge on any atom is 0.313 e. The lowest BCUT2D eigenvalue weighted by Gasteiger charge is -2.03. The number of carbonyl (C=O) groups is 1. The first-order valence-corrected chi connectivity index (χ1v) is 6.39. The minimum Gasteiger partial charge on any atom is -0.481 e. The van der Waals surface area contributed by atoms with Crippen molar-refractivity contribution in [2.24, 2.45) is 0 Å². The molecule has 2 rings (SSSR count).